The Labute approximate surface area is 83.6 Å². The quantitative estimate of drug-likeness (QED) is 0.515. The Hall–Kier alpha value is -0.650. The zero-order valence-electron chi connectivity index (χ0n) is 8.45. The van der Waals surface area contributed by atoms with Crippen molar-refractivity contribution in [1.82, 2.24) is 5.32 Å². The normalized spacial score (nSPS) is 20.2. The van der Waals surface area contributed by atoms with Gasteiger partial charge in [-0.25, -0.2) is 0 Å². The Balaban J connectivity index is 2.06. The van der Waals surface area contributed by atoms with Crippen molar-refractivity contribution in [2.24, 2.45) is 5.73 Å². The van der Waals surface area contributed by atoms with Gasteiger partial charge in [0.15, 0.2) is 0 Å². The van der Waals surface area contributed by atoms with E-state index in [1.165, 1.54) is 7.11 Å². The number of carbonyl (C=O) groups is 1. The fourth-order valence-electron chi connectivity index (χ4n) is 1.17. The Kier molecular flexibility index (Phi) is 3.86. The summed E-state index contributed by atoms with van der Waals surface area (Å²) in [6, 6.07) is 0. The summed E-state index contributed by atoms with van der Waals surface area (Å²) in [6.45, 7) is 0.742. The minimum atomic E-state index is -0.619. The second kappa shape index (κ2) is 4.72. The van der Waals surface area contributed by atoms with Gasteiger partial charge in [0.25, 0.3) is 0 Å². The van der Waals surface area contributed by atoms with Crippen LogP contribution in [0.1, 0.15) is 19.3 Å². The van der Waals surface area contributed by atoms with Crippen molar-refractivity contribution in [2.45, 2.75) is 30.9 Å². The highest BCUT2D eigenvalue weighted by Crippen LogP contribution is 2.31. The number of aliphatic hydroxyl groups is 1. The predicted molar refractivity (Wildman–Crippen MR) is 51.7 cm³/mol. The van der Waals surface area contributed by atoms with E-state index in [2.05, 4.69) is 5.32 Å². The van der Waals surface area contributed by atoms with Gasteiger partial charge in [-0.15, -0.1) is 0 Å². The lowest BCUT2D eigenvalue weighted by atomic mass is 10.2. The third-order valence-corrected chi connectivity index (χ3v) is 2.36. The van der Waals surface area contributed by atoms with Crippen LogP contribution in [0.15, 0.2) is 0 Å². The van der Waals surface area contributed by atoms with Gasteiger partial charge in [-0.2, -0.15) is 0 Å². The molecule has 0 aromatic carbocycles. The molecule has 1 atom stereocenters. The first-order valence-corrected chi connectivity index (χ1v) is 4.83. The van der Waals surface area contributed by atoms with E-state index >= 15 is 0 Å². The first kappa shape index (κ1) is 11.4. The van der Waals surface area contributed by atoms with Crippen molar-refractivity contribution in [1.29, 1.82) is 0 Å². The van der Waals surface area contributed by atoms with Crippen LogP contribution < -0.4 is 11.1 Å². The van der Waals surface area contributed by atoms with Gasteiger partial charge in [0.2, 0.25) is 5.91 Å². The van der Waals surface area contributed by atoms with Gasteiger partial charge in [-0.1, -0.05) is 0 Å². The number of hydrogen-bond acceptors (Lipinski definition) is 4. The number of aliphatic hydroxyl groups excluding tert-OH is 1. The van der Waals surface area contributed by atoms with Crippen molar-refractivity contribution in [3.63, 3.8) is 0 Å². The molecule has 1 unspecified atom stereocenters. The lowest BCUT2D eigenvalue weighted by Gasteiger charge is -2.12. The molecule has 0 heterocycles. The van der Waals surface area contributed by atoms with Crippen molar-refractivity contribution >= 4 is 5.91 Å². The van der Waals surface area contributed by atoms with E-state index in [9.17, 15) is 9.90 Å². The molecule has 82 valence electrons. The summed E-state index contributed by atoms with van der Waals surface area (Å²) in [5.41, 5.74) is 5.05. The number of ether oxygens (including phenoxy) is 1. The summed E-state index contributed by atoms with van der Waals surface area (Å²) >= 11 is 0. The van der Waals surface area contributed by atoms with Crippen molar-refractivity contribution in [3.05, 3.63) is 0 Å². The zero-order chi connectivity index (χ0) is 10.6. The second-order valence-corrected chi connectivity index (χ2v) is 3.81. The van der Waals surface area contributed by atoms with Crippen LogP contribution in [0.2, 0.25) is 0 Å². The number of hydrogen-bond donors (Lipinski definition) is 3. The fraction of sp³-hybridized carbons (Fsp3) is 0.889. The van der Waals surface area contributed by atoms with Crippen LogP contribution in [0.3, 0.4) is 0 Å². The molecule has 0 bridgehead atoms. The number of nitrogens with two attached hydrogens (primary N) is 1. The molecule has 4 N–H and O–H groups in total. The van der Waals surface area contributed by atoms with Crippen LogP contribution in [0.5, 0.6) is 0 Å². The molecule has 0 radical (unpaired) electrons. The van der Waals surface area contributed by atoms with Crippen LogP contribution in [-0.4, -0.2) is 42.9 Å². The van der Waals surface area contributed by atoms with Gasteiger partial charge in [0, 0.05) is 13.7 Å². The van der Waals surface area contributed by atoms with Gasteiger partial charge in [0.1, 0.15) is 0 Å². The number of nitrogens with one attached hydrogen (secondary N) is 1. The Morgan fingerprint density at radius 2 is 2.36 bits per heavy atom. The maximum atomic E-state index is 11.3. The molecule has 0 aromatic heterocycles. The maximum absolute atomic E-state index is 11.3. The molecule has 1 rings (SSSR count). The van der Waals surface area contributed by atoms with Gasteiger partial charge < -0.3 is 20.9 Å². The average Bonchev–Trinajstić information content (AvgIpc) is 2.85. The highest BCUT2D eigenvalue weighted by Gasteiger charge is 2.45. The van der Waals surface area contributed by atoms with E-state index in [1.54, 1.807) is 0 Å². The first-order valence-electron chi connectivity index (χ1n) is 4.83. The van der Waals surface area contributed by atoms with Crippen LogP contribution in [0.25, 0.3) is 0 Å². The van der Waals surface area contributed by atoms with Crippen molar-refractivity contribution in [3.8, 4) is 0 Å². The summed E-state index contributed by atoms with van der Waals surface area (Å²) in [7, 11) is 1.53. The Morgan fingerprint density at radius 1 is 1.71 bits per heavy atom. The van der Waals surface area contributed by atoms with Gasteiger partial charge in [-0.3, -0.25) is 4.79 Å². The third-order valence-electron chi connectivity index (χ3n) is 2.36. The lowest BCUT2D eigenvalue weighted by molar-refractivity contribution is -0.123. The minimum Gasteiger partial charge on any atom is -0.391 e. The van der Waals surface area contributed by atoms with Gasteiger partial charge >= 0.3 is 0 Å². The average molecular weight is 202 g/mol. The molecular formula is C9H18N2O3. The zero-order valence-corrected chi connectivity index (χ0v) is 8.45. The molecular weight excluding hydrogens is 184 g/mol. The van der Waals surface area contributed by atoms with Crippen molar-refractivity contribution < 1.29 is 14.6 Å². The second-order valence-electron chi connectivity index (χ2n) is 3.81. The number of rotatable bonds is 6. The number of carbonyl (C=O) groups excluding carboxylic acids is 1. The summed E-state index contributed by atoms with van der Waals surface area (Å²) < 4.78 is 4.75. The molecule has 1 saturated carbocycles. The molecule has 1 aliphatic carbocycles. The fourth-order valence-corrected chi connectivity index (χ4v) is 1.17. The van der Waals surface area contributed by atoms with E-state index in [0.29, 0.717) is 19.6 Å². The van der Waals surface area contributed by atoms with Crippen LogP contribution in [0.4, 0.5) is 0 Å². The molecule has 0 saturated heterocycles. The minimum absolute atomic E-state index is 0.109. The van der Waals surface area contributed by atoms with E-state index in [-0.39, 0.29) is 5.91 Å². The molecule has 1 fully saturated rings. The van der Waals surface area contributed by atoms with Crippen LogP contribution in [0, 0.1) is 0 Å². The summed E-state index contributed by atoms with van der Waals surface area (Å²) in [5, 5.41) is 12.0. The number of methoxy groups -OCH3 is 1. The molecule has 14 heavy (non-hydrogen) atoms. The molecule has 0 aliphatic heterocycles. The third kappa shape index (κ3) is 3.25. The Morgan fingerprint density at radius 3 is 2.86 bits per heavy atom. The Bertz CT molecular complexity index is 204. The van der Waals surface area contributed by atoms with E-state index in [0.717, 1.165) is 12.8 Å². The summed E-state index contributed by atoms with van der Waals surface area (Å²) in [6.07, 6.45) is 1.50. The molecule has 5 heteroatoms. The smallest absolute Gasteiger partial charge is 0.240 e. The van der Waals surface area contributed by atoms with E-state index in [1.807, 2.05) is 0 Å². The maximum Gasteiger partial charge on any atom is 0.240 e. The number of amides is 1. The standard InChI is InChI=1S/C9H18N2O3/c1-14-6-7(12)2-5-11-8(13)9(10)3-4-9/h7,12H,2-6,10H2,1H3,(H,11,13). The van der Waals surface area contributed by atoms with Gasteiger partial charge in [0.05, 0.1) is 18.2 Å². The molecule has 1 aliphatic rings. The summed E-state index contributed by atoms with van der Waals surface area (Å²) in [5.74, 6) is -0.109. The first-order chi connectivity index (χ1) is 6.58. The SMILES string of the molecule is COCC(O)CCNC(=O)C1(N)CC1. The highest BCUT2D eigenvalue weighted by atomic mass is 16.5. The summed E-state index contributed by atoms with van der Waals surface area (Å²) in [4.78, 5) is 11.3. The van der Waals surface area contributed by atoms with Crippen molar-refractivity contribution in [2.75, 3.05) is 20.3 Å². The van der Waals surface area contributed by atoms with Crippen LogP contribution >= 0.6 is 0 Å². The molecule has 5 nitrogen and oxygen atoms in total. The van der Waals surface area contributed by atoms with Crippen LogP contribution in [-0.2, 0) is 9.53 Å². The lowest BCUT2D eigenvalue weighted by Crippen LogP contribution is -2.43. The molecule has 1 amide bonds. The van der Waals surface area contributed by atoms with E-state index < -0.39 is 11.6 Å². The monoisotopic (exact) mass is 202 g/mol. The predicted octanol–water partition coefficient (Wildman–Crippen LogP) is -1.01. The van der Waals surface area contributed by atoms with E-state index in [4.69, 9.17) is 10.5 Å². The molecule has 0 spiro atoms. The molecule has 0 aromatic rings. The topological polar surface area (TPSA) is 84.6 Å². The largest absolute Gasteiger partial charge is 0.391 e. The highest BCUT2D eigenvalue weighted by molar-refractivity contribution is 5.88. The van der Waals surface area contributed by atoms with Gasteiger partial charge in [-0.05, 0) is 19.3 Å².